The number of likely N-dealkylation sites (tertiary alicyclic amines) is 1. The molecule has 1 aromatic carbocycles. The third-order valence-corrected chi connectivity index (χ3v) is 3.94. The average Bonchev–Trinajstić information content (AvgIpc) is 2.69. The summed E-state index contributed by atoms with van der Waals surface area (Å²) in [7, 11) is 4.14. The maximum atomic E-state index is 9.88. The molecule has 1 aromatic rings. The number of likely N-dealkylation sites (N-methyl/N-ethyl adjacent to an activating group) is 1. The van der Waals surface area contributed by atoms with Crippen molar-refractivity contribution in [2.45, 2.75) is 25.1 Å². The van der Waals surface area contributed by atoms with E-state index >= 15 is 0 Å². The largest absolute Gasteiger partial charge is 0.392 e. The summed E-state index contributed by atoms with van der Waals surface area (Å²) in [5.74, 6) is 0. The molecular weight excluding hydrogens is 270 g/mol. The first-order valence-corrected chi connectivity index (χ1v) is 7.32. The molecule has 1 aliphatic heterocycles. The lowest BCUT2D eigenvalue weighted by Gasteiger charge is -2.26. The van der Waals surface area contributed by atoms with Crippen molar-refractivity contribution in [2.24, 2.45) is 5.73 Å². The molecule has 1 fully saturated rings. The van der Waals surface area contributed by atoms with Crippen LogP contribution < -0.4 is 5.73 Å². The summed E-state index contributed by atoms with van der Waals surface area (Å²) < 4.78 is 0. The van der Waals surface area contributed by atoms with Crippen LogP contribution in [-0.2, 0) is 6.54 Å². The van der Waals surface area contributed by atoms with Crippen LogP contribution in [-0.4, -0.2) is 59.2 Å². The average molecular weight is 293 g/mol. The van der Waals surface area contributed by atoms with Crippen LogP contribution in [0, 0.1) is 0 Å². The van der Waals surface area contributed by atoms with Gasteiger partial charge in [0.25, 0.3) is 0 Å². The third kappa shape index (κ3) is 3.99. The number of benzene rings is 1. The molecule has 2 unspecified atom stereocenters. The second-order valence-electron chi connectivity index (χ2n) is 5.80. The first kappa shape index (κ1) is 15.4. The highest BCUT2D eigenvalue weighted by atomic mass is 32.1. The second-order valence-corrected chi connectivity index (χ2v) is 6.24. The van der Waals surface area contributed by atoms with Crippen LogP contribution in [0.4, 0.5) is 0 Å². The Hall–Kier alpha value is -1.01. The van der Waals surface area contributed by atoms with Crippen molar-refractivity contribution in [1.29, 1.82) is 0 Å². The van der Waals surface area contributed by atoms with E-state index < -0.39 is 0 Å². The minimum absolute atomic E-state index is 0.212. The molecule has 0 saturated carbocycles. The number of aliphatic hydroxyl groups excluding tert-OH is 1. The summed E-state index contributed by atoms with van der Waals surface area (Å²) in [6.45, 7) is 2.57. The number of thiocarbonyl (C=S) groups is 1. The molecule has 110 valence electrons. The number of nitrogens with zero attached hydrogens (tertiary/aromatic N) is 2. The fraction of sp³-hybridized carbons (Fsp3) is 0.533. The lowest BCUT2D eigenvalue weighted by atomic mass is 10.1. The Labute approximate surface area is 126 Å². The number of β-amino-alcohol motifs (C(OH)–C–C–N with tert-alkyl or cyclic N) is 1. The Balaban J connectivity index is 2.02. The van der Waals surface area contributed by atoms with E-state index in [-0.39, 0.29) is 6.10 Å². The molecule has 0 radical (unpaired) electrons. The van der Waals surface area contributed by atoms with Gasteiger partial charge in [0.05, 0.1) is 6.10 Å². The van der Waals surface area contributed by atoms with Crippen molar-refractivity contribution in [3.05, 3.63) is 35.4 Å². The van der Waals surface area contributed by atoms with Crippen LogP contribution in [0.5, 0.6) is 0 Å². The van der Waals surface area contributed by atoms with E-state index in [4.69, 9.17) is 18.0 Å². The van der Waals surface area contributed by atoms with Crippen molar-refractivity contribution in [3.8, 4) is 0 Å². The Morgan fingerprint density at radius 3 is 2.60 bits per heavy atom. The van der Waals surface area contributed by atoms with Gasteiger partial charge in [-0.3, -0.25) is 4.90 Å². The van der Waals surface area contributed by atoms with E-state index in [1.807, 2.05) is 12.1 Å². The third-order valence-electron chi connectivity index (χ3n) is 3.71. The zero-order valence-electron chi connectivity index (χ0n) is 12.1. The van der Waals surface area contributed by atoms with Crippen LogP contribution in [0.15, 0.2) is 24.3 Å². The second kappa shape index (κ2) is 6.63. The molecule has 20 heavy (non-hydrogen) atoms. The van der Waals surface area contributed by atoms with Gasteiger partial charge in [-0.05, 0) is 26.1 Å². The van der Waals surface area contributed by atoms with E-state index in [1.54, 1.807) is 0 Å². The smallest absolute Gasteiger partial charge is 0.103 e. The van der Waals surface area contributed by atoms with Gasteiger partial charge in [0.15, 0.2) is 0 Å². The molecule has 0 aliphatic carbocycles. The molecule has 5 heteroatoms. The standard InChI is InChI=1S/C15H23N3OS/c1-17(2)9-13-7-14(19)10-18(13)8-11-3-5-12(6-4-11)15(16)20/h3-6,13-14,19H,7-10H2,1-2H3,(H2,16,20). The molecule has 0 spiro atoms. The molecule has 1 heterocycles. The van der Waals surface area contributed by atoms with Gasteiger partial charge in [-0.2, -0.15) is 0 Å². The SMILES string of the molecule is CN(C)CC1CC(O)CN1Cc1ccc(C(N)=S)cc1. The van der Waals surface area contributed by atoms with Gasteiger partial charge >= 0.3 is 0 Å². The van der Waals surface area contributed by atoms with Gasteiger partial charge in [-0.1, -0.05) is 36.5 Å². The quantitative estimate of drug-likeness (QED) is 0.787. The molecule has 2 atom stereocenters. The zero-order valence-corrected chi connectivity index (χ0v) is 12.9. The van der Waals surface area contributed by atoms with Gasteiger partial charge in [0, 0.05) is 31.2 Å². The Morgan fingerprint density at radius 2 is 2.05 bits per heavy atom. The zero-order chi connectivity index (χ0) is 14.7. The highest BCUT2D eigenvalue weighted by molar-refractivity contribution is 7.80. The Kier molecular flexibility index (Phi) is 5.10. The minimum atomic E-state index is -0.212. The Bertz CT molecular complexity index is 461. The summed E-state index contributed by atoms with van der Waals surface area (Å²) in [6, 6.07) is 8.46. The monoisotopic (exact) mass is 293 g/mol. The number of hydrogen-bond donors (Lipinski definition) is 2. The maximum Gasteiger partial charge on any atom is 0.103 e. The van der Waals surface area contributed by atoms with E-state index in [1.165, 1.54) is 5.56 Å². The van der Waals surface area contributed by atoms with Crippen molar-refractivity contribution in [3.63, 3.8) is 0 Å². The number of nitrogens with two attached hydrogens (primary N) is 1. The van der Waals surface area contributed by atoms with E-state index in [9.17, 15) is 5.11 Å². The van der Waals surface area contributed by atoms with Gasteiger partial charge < -0.3 is 15.7 Å². The van der Waals surface area contributed by atoms with Gasteiger partial charge in [-0.15, -0.1) is 0 Å². The van der Waals surface area contributed by atoms with E-state index in [2.05, 4.69) is 36.0 Å². The van der Waals surface area contributed by atoms with Crippen molar-refractivity contribution in [2.75, 3.05) is 27.2 Å². The summed E-state index contributed by atoms with van der Waals surface area (Å²) >= 11 is 4.96. The van der Waals surface area contributed by atoms with Gasteiger partial charge in [0.1, 0.15) is 4.99 Å². The van der Waals surface area contributed by atoms with E-state index in [0.29, 0.717) is 11.0 Å². The first-order valence-electron chi connectivity index (χ1n) is 6.91. The molecule has 1 saturated heterocycles. The molecular formula is C15H23N3OS. The number of hydrogen-bond acceptors (Lipinski definition) is 4. The van der Waals surface area contributed by atoms with Crippen LogP contribution in [0.25, 0.3) is 0 Å². The molecule has 2 rings (SSSR count). The lowest BCUT2D eigenvalue weighted by molar-refractivity contribution is 0.169. The lowest BCUT2D eigenvalue weighted by Crippen LogP contribution is -2.37. The van der Waals surface area contributed by atoms with Crippen LogP contribution in [0.2, 0.25) is 0 Å². The van der Waals surface area contributed by atoms with Crippen LogP contribution in [0.1, 0.15) is 17.5 Å². The summed E-state index contributed by atoms with van der Waals surface area (Å²) in [5.41, 5.74) is 7.73. The van der Waals surface area contributed by atoms with Crippen molar-refractivity contribution >= 4 is 17.2 Å². The topological polar surface area (TPSA) is 52.7 Å². The van der Waals surface area contributed by atoms with E-state index in [0.717, 1.165) is 31.6 Å². The van der Waals surface area contributed by atoms with Crippen molar-refractivity contribution in [1.82, 2.24) is 9.80 Å². The van der Waals surface area contributed by atoms with Gasteiger partial charge in [0.2, 0.25) is 0 Å². The van der Waals surface area contributed by atoms with Crippen LogP contribution in [0.3, 0.4) is 0 Å². The molecule has 1 aliphatic rings. The maximum absolute atomic E-state index is 9.88. The summed E-state index contributed by atoms with van der Waals surface area (Å²) in [4.78, 5) is 4.95. The summed E-state index contributed by atoms with van der Waals surface area (Å²) in [6.07, 6.45) is 0.638. The van der Waals surface area contributed by atoms with Crippen molar-refractivity contribution < 1.29 is 5.11 Å². The molecule has 0 amide bonds. The first-order chi connectivity index (χ1) is 9.45. The highest BCUT2D eigenvalue weighted by Gasteiger charge is 2.30. The normalized spacial score (nSPS) is 23.4. The van der Waals surface area contributed by atoms with Crippen LogP contribution >= 0.6 is 12.2 Å². The summed E-state index contributed by atoms with van der Waals surface area (Å²) in [5, 5.41) is 9.88. The minimum Gasteiger partial charge on any atom is -0.392 e. The number of rotatable bonds is 5. The molecule has 0 aromatic heterocycles. The molecule has 0 bridgehead atoms. The van der Waals surface area contributed by atoms with Gasteiger partial charge in [-0.25, -0.2) is 0 Å². The predicted octanol–water partition coefficient (Wildman–Crippen LogP) is 0.818. The fourth-order valence-corrected chi connectivity index (χ4v) is 2.91. The highest BCUT2D eigenvalue weighted by Crippen LogP contribution is 2.21. The number of aliphatic hydroxyl groups is 1. The predicted molar refractivity (Wildman–Crippen MR) is 85.7 cm³/mol. The molecule has 4 nitrogen and oxygen atoms in total. The fourth-order valence-electron chi connectivity index (χ4n) is 2.77. The Morgan fingerprint density at radius 1 is 1.40 bits per heavy atom. The molecule has 3 N–H and O–H groups in total.